The molecule has 3 atom stereocenters. The molecule has 2 heterocycles. The number of fused-ring (bicyclic) bond motifs is 1. The van der Waals surface area contributed by atoms with Crippen molar-refractivity contribution in [2.45, 2.75) is 25.8 Å². The molecular formula is C12H21NO. The summed E-state index contributed by atoms with van der Waals surface area (Å²) in [6, 6.07) is 0.695. The minimum atomic E-state index is 0.662. The smallest absolute Gasteiger partial charge is 0.0506 e. The summed E-state index contributed by atoms with van der Waals surface area (Å²) in [7, 11) is 2.24. The van der Waals surface area contributed by atoms with Gasteiger partial charge in [0.2, 0.25) is 0 Å². The van der Waals surface area contributed by atoms with Crippen LogP contribution in [0.2, 0.25) is 0 Å². The number of hydrogen-bond acceptors (Lipinski definition) is 2. The molecule has 0 amide bonds. The zero-order chi connectivity index (χ0) is 9.97. The Kier molecular flexibility index (Phi) is 3.24. The zero-order valence-corrected chi connectivity index (χ0v) is 9.28. The van der Waals surface area contributed by atoms with E-state index in [0.717, 1.165) is 25.7 Å². The van der Waals surface area contributed by atoms with Crippen LogP contribution < -0.4 is 0 Å². The molecule has 0 saturated carbocycles. The van der Waals surface area contributed by atoms with E-state index in [9.17, 15) is 0 Å². The van der Waals surface area contributed by atoms with Crippen molar-refractivity contribution in [3.63, 3.8) is 0 Å². The monoisotopic (exact) mass is 195 g/mol. The molecule has 0 bridgehead atoms. The minimum Gasteiger partial charge on any atom is -0.381 e. The molecule has 2 unspecified atom stereocenters. The molecule has 2 aliphatic heterocycles. The SMILES string of the molecule is C[C@H]1COCCCC2C=CCN(C)C21. The summed E-state index contributed by atoms with van der Waals surface area (Å²) in [6.45, 7) is 5.30. The fourth-order valence-electron chi connectivity index (χ4n) is 2.88. The van der Waals surface area contributed by atoms with Gasteiger partial charge in [-0.05, 0) is 31.7 Å². The lowest BCUT2D eigenvalue weighted by molar-refractivity contribution is 0.0256. The van der Waals surface area contributed by atoms with Crippen LogP contribution in [0.25, 0.3) is 0 Å². The van der Waals surface area contributed by atoms with E-state index in [1.807, 2.05) is 0 Å². The van der Waals surface area contributed by atoms with Crippen LogP contribution in [0.5, 0.6) is 0 Å². The number of rotatable bonds is 0. The van der Waals surface area contributed by atoms with E-state index in [4.69, 9.17) is 4.74 Å². The van der Waals surface area contributed by atoms with Crippen LogP contribution in [0.15, 0.2) is 12.2 Å². The van der Waals surface area contributed by atoms with Crippen LogP contribution in [-0.4, -0.2) is 37.7 Å². The third-order valence-corrected chi connectivity index (χ3v) is 3.51. The maximum atomic E-state index is 5.63. The summed E-state index contributed by atoms with van der Waals surface area (Å²) in [5, 5.41) is 0. The summed E-state index contributed by atoms with van der Waals surface area (Å²) in [4.78, 5) is 2.48. The lowest BCUT2D eigenvalue weighted by Gasteiger charge is -2.41. The molecule has 2 aliphatic rings. The largest absolute Gasteiger partial charge is 0.381 e. The van der Waals surface area contributed by atoms with Gasteiger partial charge in [-0.25, -0.2) is 0 Å². The summed E-state index contributed by atoms with van der Waals surface area (Å²) in [5.41, 5.74) is 0. The number of hydrogen-bond donors (Lipinski definition) is 0. The van der Waals surface area contributed by atoms with Crippen molar-refractivity contribution in [1.82, 2.24) is 4.90 Å². The van der Waals surface area contributed by atoms with Gasteiger partial charge in [0.25, 0.3) is 0 Å². The van der Waals surface area contributed by atoms with Crippen molar-refractivity contribution in [2.75, 3.05) is 26.8 Å². The van der Waals surface area contributed by atoms with Gasteiger partial charge in [-0.2, -0.15) is 0 Å². The van der Waals surface area contributed by atoms with Crippen LogP contribution in [0.4, 0.5) is 0 Å². The second-order valence-electron chi connectivity index (χ2n) is 4.72. The molecule has 0 N–H and O–H groups in total. The first kappa shape index (κ1) is 10.2. The molecule has 0 aromatic heterocycles. The first-order valence-corrected chi connectivity index (χ1v) is 5.73. The normalized spacial score (nSPS) is 40.0. The highest BCUT2D eigenvalue weighted by Gasteiger charge is 2.31. The third-order valence-electron chi connectivity index (χ3n) is 3.51. The highest BCUT2D eigenvalue weighted by molar-refractivity contribution is 5.03. The fourth-order valence-corrected chi connectivity index (χ4v) is 2.88. The van der Waals surface area contributed by atoms with E-state index in [-0.39, 0.29) is 0 Å². The highest BCUT2D eigenvalue weighted by atomic mass is 16.5. The Labute approximate surface area is 86.9 Å². The van der Waals surface area contributed by atoms with Crippen LogP contribution in [-0.2, 0) is 4.74 Å². The van der Waals surface area contributed by atoms with Crippen molar-refractivity contribution < 1.29 is 4.74 Å². The van der Waals surface area contributed by atoms with Crippen LogP contribution >= 0.6 is 0 Å². The average molecular weight is 195 g/mol. The van der Waals surface area contributed by atoms with E-state index in [1.165, 1.54) is 12.8 Å². The van der Waals surface area contributed by atoms with Gasteiger partial charge in [-0.3, -0.25) is 4.90 Å². The predicted octanol–water partition coefficient (Wildman–Crippen LogP) is 1.92. The maximum Gasteiger partial charge on any atom is 0.0506 e. The Morgan fingerprint density at radius 2 is 2.29 bits per heavy atom. The van der Waals surface area contributed by atoms with Crippen molar-refractivity contribution in [2.24, 2.45) is 11.8 Å². The van der Waals surface area contributed by atoms with Crippen molar-refractivity contribution in [3.8, 4) is 0 Å². The van der Waals surface area contributed by atoms with Gasteiger partial charge in [0, 0.05) is 19.2 Å². The number of nitrogens with zero attached hydrogens (tertiary/aromatic N) is 1. The second kappa shape index (κ2) is 4.45. The van der Waals surface area contributed by atoms with Gasteiger partial charge in [-0.1, -0.05) is 19.1 Å². The summed E-state index contributed by atoms with van der Waals surface area (Å²) < 4.78 is 5.63. The summed E-state index contributed by atoms with van der Waals surface area (Å²) in [5.74, 6) is 1.42. The van der Waals surface area contributed by atoms with Gasteiger partial charge in [0.05, 0.1) is 6.61 Å². The van der Waals surface area contributed by atoms with E-state index in [1.54, 1.807) is 0 Å². The first-order valence-electron chi connectivity index (χ1n) is 5.73. The quantitative estimate of drug-likeness (QED) is 0.548. The summed E-state index contributed by atoms with van der Waals surface area (Å²) >= 11 is 0. The molecule has 80 valence electrons. The Hall–Kier alpha value is -0.340. The van der Waals surface area contributed by atoms with E-state index >= 15 is 0 Å². The van der Waals surface area contributed by atoms with Crippen LogP contribution in [0.1, 0.15) is 19.8 Å². The maximum absolute atomic E-state index is 5.63. The molecule has 0 spiro atoms. The molecule has 1 fully saturated rings. The van der Waals surface area contributed by atoms with E-state index in [2.05, 4.69) is 31.0 Å². The van der Waals surface area contributed by atoms with Gasteiger partial charge in [0.15, 0.2) is 0 Å². The molecule has 2 rings (SSSR count). The molecule has 0 aromatic carbocycles. The van der Waals surface area contributed by atoms with E-state index in [0.29, 0.717) is 12.0 Å². The van der Waals surface area contributed by atoms with Crippen LogP contribution in [0.3, 0.4) is 0 Å². The number of ether oxygens (including phenoxy) is 1. The fraction of sp³-hybridized carbons (Fsp3) is 0.833. The molecule has 2 nitrogen and oxygen atoms in total. The van der Waals surface area contributed by atoms with Crippen molar-refractivity contribution in [1.29, 1.82) is 0 Å². The number of likely N-dealkylation sites (N-methyl/N-ethyl adjacent to an activating group) is 1. The molecule has 0 aliphatic carbocycles. The Balaban J connectivity index is 2.12. The summed E-state index contributed by atoms with van der Waals surface area (Å²) in [6.07, 6.45) is 7.24. The molecule has 0 aromatic rings. The van der Waals surface area contributed by atoms with Gasteiger partial charge < -0.3 is 4.74 Å². The second-order valence-corrected chi connectivity index (χ2v) is 4.72. The van der Waals surface area contributed by atoms with Gasteiger partial charge >= 0.3 is 0 Å². The lowest BCUT2D eigenvalue weighted by atomic mass is 9.83. The highest BCUT2D eigenvalue weighted by Crippen LogP contribution is 2.29. The molecule has 14 heavy (non-hydrogen) atoms. The predicted molar refractivity (Wildman–Crippen MR) is 58.3 cm³/mol. The Bertz CT molecular complexity index is 214. The molecule has 0 radical (unpaired) electrons. The van der Waals surface area contributed by atoms with Crippen molar-refractivity contribution in [3.05, 3.63) is 12.2 Å². The molecule has 1 saturated heterocycles. The molecule has 2 heteroatoms. The Morgan fingerprint density at radius 3 is 3.14 bits per heavy atom. The van der Waals surface area contributed by atoms with E-state index < -0.39 is 0 Å². The van der Waals surface area contributed by atoms with Gasteiger partial charge in [-0.15, -0.1) is 0 Å². The standard InChI is InChI=1S/C12H21NO/c1-10-9-14-8-4-6-11-5-3-7-13(2)12(10)11/h3,5,10-12H,4,6-9H2,1-2H3/t10-,11?,12?/m0/s1. The Morgan fingerprint density at radius 1 is 1.43 bits per heavy atom. The minimum absolute atomic E-state index is 0.662. The third kappa shape index (κ3) is 2.01. The lowest BCUT2D eigenvalue weighted by Crippen LogP contribution is -2.46. The zero-order valence-electron chi connectivity index (χ0n) is 9.28. The first-order chi connectivity index (χ1) is 6.79. The van der Waals surface area contributed by atoms with Crippen LogP contribution in [0, 0.1) is 11.8 Å². The van der Waals surface area contributed by atoms with Crippen molar-refractivity contribution >= 4 is 0 Å². The molecular weight excluding hydrogens is 174 g/mol. The average Bonchev–Trinajstić information content (AvgIpc) is 2.13. The van der Waals surface area contributed by atoms with Gasteiger partial charge in [0.1, 0.15) is 0 Å². The topological polar surface area (TPSA) is 12.5 Å².